The van der Waals surface area contributed by atoms with Gasteiger partial charge >= 0.3 is 11.9 Å². The summed E-state index contributed by atoms with van der Waals surface area (Å²) in [6.45, 7) is -1.37. The zero-order valence-corrected chi connectivity index (χ0v) is 14.6. The molecule has 0 fully saturated rings. The first-order valence-corrected chi connectivity index (χ1v) is 8.04. The first-order valence-electron chi connectivity index (χ1n) is 7.41. The Bertz CT molecular complexity index is 544. The predicted molar refractivity (Wildman–Crippen MR) is 90.3 cm³/mol. The maximum atomic E-state index is 11.8. The molecule has 0 rings (SSSR count). The number of rotatable bonds is 12. The van der Waals surface area contributed by atoms with Gasteiger partial charge in [0.2, 0.25) is 17.7 Å². The number of nitrogens with two attached hydrogens (primary N) is 1. The SMILES string of the molecule is N[C@@H](CCC(=O)O)C(=O)NCC(=O)N[C@@H](CO)C(=O)N[C@@H](CS)C(=O)O. The molecule has 12 nitrogen and oxygen atoms in total. The van der Waals surface area contributed by atoms with Gasteiger partial charge in [0, 0.05) is 12.2 Å². The number of hydrogen-bond acceptors (Lipinski definition) is 8. The topological polar surface area (TPSA) is 208 Å². The summed E-state index contributed by atoms with van der Waals surface area (Å²) < 4.78 is 0. The molecule has 0 heterocycles. The van der Waals surface area contributed by atoms with E-state index in [1.54, 1.807) is 0 Å². The Balaban J connectivity index is 4.45. The highest BCUT2D eigenvalue weighted by molar-refractivity contribution is 7.80. The number of hydrogen-bond donors (Lipinski definition) is 8. The minimum atomic E-state index is -1.43. The zero-order valence-electron chi connectivity index (χ0n) is 13.7. The lowest BCUT2D eigenvalue weighted by atomic mass is 10.1. The summed E-state index contributed by atoms with van der Waals surface area (Å²) in [6, 6.07) is -3.85. The van der Waals surface area contributed by atoms with Gasteiger partial charge in [-0.2, -0.15) is 12.6 Å². The summed E-state index contributed by atoms with van der Waals surface area (Å²) in [7, 11) is 0. The number of carboxylic acids is 2. The van der Waals surface area contributed by atoms with E-state index in [0.29, 0.717) is 0 Å². The Hall–Kier alpha value is -2.38. The van der Waals surface area contributed by atoms with Gasteiger partial charge in [0.1, 0.15) is 12.1 Å². The van der Waals surface area contributed by atoms with Crippen molar-refractivity contribution in [2.75, 3.05) is 18.9 Å². The van der Waals surface area contributed by atoms with E-state index in [4.69, 9.17) is 21.1 Å². The number of aliphatic carboxylic acids is 2. The number of carboxylic acid groups (broad SMARTS) is 2. The van der Waals surface area contributed by atoms with E-state index in [-0.39, 0.29) is 18.6 Å². The lowest BCUT2D eigenvalue weighted by Crippen LogP contribution is -2.55. The molecular formula is C13H22N4O8S. The van der Waals surface area contributed by atoms with Gasteiger partial charge in [-0.25, -0.2) is 4.79 Å². The minimum absolute atomic E-state index is 0.120. The van der Waals surface area contributed by atoms with Crippen LogP contribution in [0.5, 0.6) is 0 Å². The molecule has 0 unspecified atom stereocenters. The quantitative estimate of drug-likeness (QED) is 0.153. The summed E-state index contributed by atoms with van der Waals surface area (Å²) in [5, 5.41) is 32.8. The van der Waals surface area contributed by atoms with Crippen LogP contribution >= 0.6 is 12.6 Å². The van der Waals surface area contributed by atoms with Gasteiger partial charge in [0.15, 0.2) is 0 Å². The van der Waals surface area contributed by atoms with Crippen molar-refractivity contribution in [1.29, 1.82) is 0 Å². The van der Waals surface area contributed by atoms with Crippen molar-refractivity contribution < 1.29 is 39.3 Å². The molecule has 0 bridgehead atoms. The number of carbonyl (C=O) groups is 5. The smallest absolute Gasteiger partial charge is 0.327 e. The van der Waals surface area contributed by atoms with Gasteiger partial charge in [0.25, 0.3) is 0 Å². The second kappa shape index (κ2) is 12.1. The Kier molecular flexibility index (Phi) is 10.9. The number of carbonyl (C=O) groups excluding carboxylic acids is 3. The first kappa shape index (κ1) is 23.6. The van der Waals surface area contributed by atoms with Crippen LogP contribution in [0, 0.1) is 0 Å². The Labute approximate surface area is 153 Å². The molecule has 3 amide bonds. The zero-order chi connectivity index (χ0) is 20.3. The fourth-order valence-electron chi connectivity index (χ4n) is 1.61. The number of aliphatic hydroxyl groups excluding tert-OH is 1. The van der Waals surface area contributed by atoms with Gasteiger partial charge in [-0.3, -0.25) is 19.2 Å². The van der Waals surface area contributed by atoms with E-state index in [0.717, 1.165) is 0 Å². The van der Waals surface area contributed by atoms with E-state index in [1.165, 1.54) is 0 Å². The van der Waals surface area contributed by atoms with Crippen LogP contribution in [0.1, 0.15) is 12.8 Å². The summed E-state index contributed by atoms with van der Waals surface area (Å²) in [5.41, 5.74) is 5.45. The third-order valence-electron chi connectivity index (χ3n) is 3.06. The Morgan fingerprint density at radius 3 is 2.08 bits per heavy atom. The molecular weight excluding hydrogens is 372 g/mol. The number of aliphatic hydroxyl groups is 1. The molecule has 0 aromatic heterocycles. The van der Waals surface area contributed by atoms with Gasteiger partial charge in [-0.1, -0.05) is 0 Å². The average Bonchev–Trinajstić information content (AvgIpc) is 2.59. The van der Waals surface area contributed by atoms with Gasteiger partial charge in [-0.05, 0) is 6.42 Å². The summed E-state index contributed by atoms with van der Waals surface area (Å²) in [5.74, 6) is -5.19. The number of thiol groups is 1. The lowest BCUT2D eigenvalue weighted by Gasteiger charge is -2.19. The second-order valence-corrected chi connectivity index (χ2v) is 5.51. The van der Waals surface area contributed by atoms with E-state index in [1.807, 2.05) is 0 Å². The van der Waals surface area contributed by atoms with Crippen LogP contribution in [0.15, 0.2) is 0 Å². The fraction of sp³-hybridized carbons (Fsp3) is 0.615. The van der Waals surface area contributed by atoms with Gasteiger partial charge in [-0.15, -0.1) is 0 Å². The van der Waals surface area contributed by atoms with Crippen molar-refractivity contribution in [2.45, 2.75) is 31.0 Å². The lowest BCUT2D eigenvalue weighted by molar-refractivity contribution is -0.141. The summed E-state index contributed by atoms with van der Waals surface area (Å²) in [4.78, 5) is 56.4. The summed E-state index contributed by atoms with van der Waals surface area (Å²) >= 11 is 3.76. The standard InChI is InChI=1S/C13H22N4O8S/c14-6(1-2-10(20)21)11(22)15-3-9(19)16-7(4-18)12(23)17-8(5-26)13(24)25/h6-8,18,26H,1-5,14H2,(H,15,22)(H,16,19)(H,17,23)(H,20,21)(H,24,25)/t6-,7-,8-/m0/s1. The number of amides is 3. The maximum absolute atomic E-state index is 11.8. The molecule has 3 atom stereocenters. The van der Waals surface area contributed by atoms with E-state index >= 15 is 0 Å². The van der Waals surface area contributed by atoms with E-state index in [9.17, 15) is 24.0 Å². The van der Waals surface area contributed by atoms with Crippen molar-refractivity contribution in [3.05, 3.63) is 0 Å². The van der Waals surface area contributed by atoms with Crippen LogP contribution in [0.25, 0.3) is 0 Å². The van der Waals surface area contributed by atoms with Crippen LogP contribution in [-0.4, -0.2) is 82.0 Å². The third-order valence-corrected chi connectivity index (χ3v) is 3.43. The second-order valence-electron chi connectivity index (χ2n) is 5.14. The maximum Gasteiger partial charge on any atom is 0.327 e. The van der Waals surface area contributed by atoms with Crippen LogP contribution in [0.2, 0.25) is 0 Å². The van der Waals surface area contributed by atoms with Crippen molar-refractivity contribution in [2.24, 2.45) is 5.73 Å². The van der Waals surface area contributed by atoms with Crippen LogP contribution in [0.4, 0.5) is 0 Å². The monoisotopic (exact) mass is 394 g/mol. The molecule has 0 spiro atoms. The molecule has 0 aromatic rings. The van der Waals surface area contributed by atoms with Gasteiger partial charge < -0.3 is 37.0 Å². The average molecular weight is 394 g/mol. The molecule has 0 aliphatic carbocycles. The first-order chi connectivity index (χ1) is 12.1. The molecule has 0 aromatic carbocycles. The molecule has 0 saturated heterocycles. The molecule has 0 radical (unpaired) electrons. The van der Waals surface area contributed by atoms with Crippen LogP contribution < -0.4 is 21.7 Å². The molecule has 8 N–H and O–H groups in total. The highest BCUT2D eigenvalue weighted by Crippen LogP contribution is 1.95. The number of nitrogens with one attached hydrogen (secondary N) is 3. The molecule has 13 heteroatoms. The van der Waals surface area contributed by atoms with E-state index in [2.05, 4.69) is 28.6 Å². The van der Waals surface area contributed by atoms with E-state index < -0.39 is 60.9 Å². The van der Waals surface area contributed by atoms with Crippen LogP contribution in [0.3, 0.4) is 0 Å². The minimum Gasteiger partial charge on any atom is -0.481 e. The van der Waals surface area contributed by atoms with Crippen molar-refractivity contribution in [3.8, 4) is 0 Å². The Morgan fingerprint density at radius 2 is 1.62 bits per heavy atom. The molecule has 148 valence electrons. The van der Waals surface area contributed by atoms with Crippen molar-refractivity contribution in [1.82, 2.24) is 16.0 Å². The predicted octanol–water partition coefficient (Wildman–Crippen LogP) is -3.73. The highest BCUT2D eigenvalue weighted by atomic mass is 32.1. The Morgan fingerprint density at radius 1 is 1.00 bits per heavy atom. The fourth-order valence-corrected chi connectivity index (χ4v) is 1.85. The van der Waals surface area contributed by atoms with Crippen molar-refractivity contribution in [3.63, 3.8) is 0 Å². The molecule has 0 aliphatic rings. The normalized spacial score (nSPS) is 13.8. The highest BCUT2D eigenvalue weighted by Gasteiger charge is 2.25. The largest absolute Gasteiger partial charge is 0.481 e. The third kappa shape index (κ3) is 9.19. The molecule has 26 heavy (non-hydrogen) atoms. The van der Waals surface area contributed by atoms with Crippen LogP contribution in [-0.2, 0) is 24.0 Å². The molecule has 0 saturated carbocycles. The summed E-state index contributed by atoms with van der Waals surface area (Å²) in [6.07, 6.45) is -0.436. The molecule has 0 aliphatic heterocycles. The van der Waals surface area contributed by atoms with Gasteiger partial charge in [0.05, 0.1) is 19.2 Å². The van der Waals surface area contributed by atoms with Crippen molar-refractivity contribution >= 4 is 42.3 Å².